The molecule has 0 aliphatic rings. The molecule has 1 rings (SSSR count). The Morgan fingerprint density at radius 3 is 2.08 bits per heavy atom. The quantitative estimate of drug-likeness (QED) is 0.695. The fourth-order valence-electron chi connectivity index (χ4n) is 1.97. The van der Waals surface area contributed by atoms with Crippen molar-refractivity contribution < 1.29 is 14.3 Å². The lowest BCUT2D eigenvalue weighted by Gasteiger charge is -2.27. The maximum atomic E-state index is 12.5. The minimum Gasteiger partial charge on any atom is -0.444 e. The van der Waals surface area contributed by atoms with E-state index in [0.717, 1.165) is 9.13 Å². The van der Waals surface area contributed by atoms with Crippen molar-refractivity contribution in [3.63, 3.8) is 0 Å². The van der Waals surface area contributed by atoms with Gasteiger partial charge in [0.25, 0.3) is 0 Å². The Bertz CT molecular complexity index is 571. The Morgan fingerprint density at radius 2 is 1.62 bits per heavy atom. The molecule has 1 unspecified atom stereocenters. The average molecular weight is 446 g/mol. The van der Waals surface area contributed by atoms with Crippen LogP contribution in [-0.4, -0.2) is 29.2 Å². The average Bonchev–Trinajstić information content (AvgIpc) is 2.36. The lowest BCUT2D eigenvalue weighted by Crippen LogP contribution is -2.53. The Hall–Kier alpha value is -1.31. The van der Waals surface area contributed by atoms with Crippen LogP contribution in [0.3, 0.4) is 0 Å². The van der Waals surface area contributed by atoms with Crippen LogP contribution in [-0.2, 0) is 16.0 Å². The molecule has 0 radical (unpaired) electrons. The Labute approximate surface area is 158 Å². The van der Waals surface area contributed by atoms with Crippen molar-refractivity contribution in [1.82, 2.24) is 10.6 Å². The Kier molecular flexibility index (Phi) is 7.07. The van der Waals surface area contributed by atoms with E-state index in [0.29, 0.717) is 6.42 Å². The van der Waals surface area contributed by atoms with Crippen LogP contribution < -0.4 is 10.6 Å². The first-order chi connectivity index (χ1) is 10.9. The van der Waals surface area contributed by atoms with Crippen LogP contribution in [0.1, 0.15) is 47.1 Å². The summed E-state index contributed by atoms with van der Waals surface area (Å²) in [6.45, 7) is 11.1. The second-order valence-corrected chi connectivity index (χ2v) is 9.01. The molecule has 5 nitrogen and oxygen atoms in total. The lowest BCUT2D eigenvalue weighted by atomic mass is 10.0. The van der Waals surface area contributed by atoms with Gasteiger partial charge in [0.2, 0.25) is 5.91 Å². The standard InChI is InChI=1S/C18H27IN2O3/c1-17(2,3)21-15(22)14(20-16(23)24-18(4,5)6)11-12-7-9-13(19)10-8-12/h7-10,14H,11H2,1-6H3,(H,20,23)(H,21,22). The molecule has 0 aliphatic carbocycles. The van der Waals surface area contributed by atoms with Crippen LogP contribution in [0.25, 0.3) is 0 Å². The smallest absolute Gasteiger partial charge is 0.408 e. The van der Waals surface area contributed by atoms with Gasteiger partial charge in [0.1, 0.15) is 11.6 Å². The van der Waals surface area contributed by atoms with Crippen LogP contribution in [0.5, 0.6) is 0 Å². The first-order valence-corrected chi connectivity index (χ1v) is 8.99. The zero-order valence-corrected chi connectivity index (χ0v) is 17.4. The monoisotopic (exact) mass is 446 g/mol. The van der Waals surface area contributed by atoms with Gasteiger partial charge in [-0.1, -0.05) is 12.1 Å². The van der Waals surface area contributed by atoms with Crippen molar-refractivity contribution in [1.29, 1.82) is 0 Å². The van der Waals surface area contributed by atoms with E-state index in [4.69, 9.17) is 4.74 Å². The number of halogens is 1. The van der Waals surface area contributed by atoms with Gasteiger partial charge in [0, 0.05) is 15.5 Å². The highest BCUT2D eigenvalue weighted by Crippen LogP contribution is 2.11. The minimum atomic E-state index is -0.695. The molecule has 2 N–H and O–H groups in total. The number of carbonyl (C=O) groups excluding carboxylic acids is 2. The van der Waals surface area contributed by atoms with E-state index >= 15 is 0 Å². The molecule has 0 fully saturated rings. The summed E-state index contributed by atoms with van der Waals surface area (Å²) >= 11 is 2.23. The summed E-state index contributed by atoms with van der Waals surface area (Å²) in [5.41, 5.74) is -0.0183. The molecule has 0 heterocycles. The minimum absolute atomic E-state index is 0.230. The van der Waals surface area contributed by atoms with Gasteiger partial charge in [-0.3, -0.25) is 4.79 Å². The van der Waals surface area contributed by atoms with Crippen molar-refractivity contribution in [2.24, 2.45) is 0 Å². The fraction of sp³-hybridized carbons (Fsp3) is 0.556. The van der Waals surface area contributed by atoms with Crippen molar-refractivity contribution in [3.8, 4) is 0 Å². The third-order valence-corrected chi connectivity index (χ3v) is 3.58. The first-order valence-electron chi connectivity index (χ1n) is 7.92. The summed E-state index contributed by atoms with van der Waals surface area (Å²) in [6, 6.07) is 7.16. The molecule has 0 bridgehead atoms. The van der Waals surface area contributed by atoms with E-state index in [9.17, 15) is 9.59 Å². The largest absolute Gasteiger partial charge is 0.444 e. The van der Waals surface area contributed by atoms with Crippen LogP contribution in [0.4, 0.5) is 4.79 Å². The molecule has 134 valence electrons. The van der Waals surface area contributed by atoms with Crippen LogP contribution in [0, 0.1) is 3.57 Å². The summed E-state index contributed by atoms with van der Waals surface area (Å²) < 4.78 is 6.39. The van der Waals surface area contributed by atoms with Crippen LogP contribution >= 0.6 is 22.6 Å². The first kappa shape index (κ1) is 20.7. The van der Waals surface area contributed by atoms with E-state index in [-0.39, 0.29) is 11.4 Å². The van der Waals surface area contributed by atoms with Crippen LogP contribution in [0.15, 0.2) is 24.3 Å². The van der Waals surface area contributed by atoms with E-state index in [2.05, 4.69) is 33.2 Å². The molecule has 0 saturated heterocycles. The van der Waals surface area contributed by atoms with E-state index in [1.165, 1.54) is 0 Å². The van der Waals surface area contributed by atoms with Crippen molar-refractivity contribution >= 4 is 34.6 Å². The van der Waals surface area contributed by atoms with Gasteiger partial charge in [-0.2, -0.15) is 0 Å². The molecular formula is C18H27IN2O3. The molecule has 0 aliphatic heterocycles. The maximum Gasteiger partial charge on any atom is 0.408 e. The van der Waals surface area contributed by atoms with Crippen molar-refractivity contribution in [2.45, 2.75) is 65.1 Å². The Balaban J connectivity index is 2.88. The summed E-state index contributed by atoms with van der Waals surface area (Å²) in [5.74, 6) is -0.230. The summed E-state index contributed by atoms with van der Waals surface area (Å²) in [5, 5.41) is 5.59. The van der Waals surface area contributed by atoms with Gasteiger partial charge < -0.3 is 15.4 Å². The molecule has 0 saturated carbocycles. The van der Waals surface area contributed by atoms with Gasteiger partial charge in [-0.25, -0.2) is 4.79 Å². The fourth-order valence-corrected chi connectivity index (χ4v) is 2.33. The van der Waals surface area contributed by atoms with Gasteiger partial charge in [0.15, 0.2) is 0 Å². The number of hydrogen-bond donors (Lipinski definition) is 2. The summed E-state index contributed by atoms with van der Waals surface area (Å²) in [4.78, 5) is 24.6. The third-order valence-electron chi connectivity index (χ3n) is 2.86. The highest BCUT2D eigenvalue weighted by atomic mass is 127. The predicted octanol–water partition coefficient (Wildman–Crippen LogP) is 3.64. The van der Waals surface area contributed by atoms with Gasteiger partial charge in [0.05, 0.1) is 0 Å². The highest BCUT2D eigenvalue weighted by molar-refractivity contribution is 14.1. The van der Waals surface area contributed by atoms with E-state index < -0.39 is 17.7 Å². The van der Waals surface area contributed by atoms with E-state index in [1.54, 1.807) is 20.8 Å². The molecule has 0 spiro atoms. The van der Waals surface area contributed by atoms with Gasteiger partial charge in [-0.15, -0.1) is 0 Å². The number of ether oxygens (including phenoxy) is 1. The maximum absolute atomic E-state index is 12.5. The van der Waals surface area contributed by atoms with Crippen molar-refractivity contribution in [2.75, 3.05) is 0 Å². The highest BCUT2D eigenvalue weighted by Gasteiger charge is 2.27. The topological polar surface area (TPSA) is 67.4 Å². The number of benzene rings is 1. The summed E-state index contributed by atoms with van der Waals surface area (Å²) in [6.07, 6.45) is -0.194. The summed E-state index contributed by atoms with van der Waals surface area (Å²) in [7, 11) is 0. The van der Waals surface area contributed by atoms with Gasteiger partial charge in [-0.05, 0) is 81.8 Å². The Morgan fingerprint density at radius 1 is 1.08 bits per heavy atom. The number of nitrogens with one attached hydrogen (secondary N) is 2. The van der Waals surface area contributed by atoms with Crippen LogP contribution in [0.2, 0.25) is 0 Å². The number of carbonyl (C=O) groups is 2. The third kappa shape index (κ3) is 8.52. The zero-order valence-electron chi connectivity index (χ0n) is 15.2. The molecule has 1 atom stereocenters. The SMILES string of the molecule is CC(C)(C)NC(=O)C(Cc1ccc(I)cc1)NC(=O)OC(C)(C)C. The predicted molar refractivity (Wildman–Crippen MR) is 104 cm³/mol. The molecule has 1 aromatic rings. The second kappa shape index (κ2) is 8.18. The zero-order chi connectivity index (χ0) is 18.5. The molecule has 0 aromatic heterocycles. The van der Waals surface area contributed by atoms with Crippen molar-refractivity contribution in [3.05, 3.63) is 33.4 Å². The molecular weight excluding hydrogens is 419 g/mol. The number of rotatable bonds is 4. The van der Waals surface area contributed by atoms with Gasteiger partial charge >= 0.3 is 6.09 Å². The molecule has 2 amide bonds. The number of amides is 2. The lowest BCUT2D eigenvalue weighted by molar-refractivity contribution is -0.124. The number of alkyl carbamates (subject to hydrolysis) is 1. The normalized spacial score (nSPS) is 13.1. The molecule has 6 heteroatoms. The number of hydrogen-bond acceptors (Lipinski definition) is 3. The molecule has 24 heavy (non-hydrogen) atoms. The second-order valence-electron chi connectivity index (χ2n) is 7.77. The van der Waals surface area contributed by atoms with E-state index in [1.807, 2.05) is 45.0 Å². The molecule has 1 aromatic carbocycles.